The van der Waals surface area contributed by atoms with Crippen LogP contribution in [0.1, 0.15) is 29.7 Å². The highest BCUT2D eigenvalue weighted by Gasteiger charge is 2.19. The Morgan fingerprint density at radius 2 is 1.91 bits per heavy atom. The molecule has 1 aromatic carbocycles. The van der Waals surface area contributed by atoms with Gasteiger partial charge in [0, 0.05) is 37.4 Å². The Kier molecular flexibility index (Phi) is 4.68. The van der Waals surface area contributed by atoms with E-state index >= 15 is 0 Å². The number of nitrogens with zero attached hydrogens (tertiary/aromatic N) is 3. The molecule has 0 atom stereocenters. The van der Waals surface area contributed by atoms with E-state index in [0.29, 0.717) is 6.04 Å². The highest BCUT2D eigenvalue weighted by molar-refractivity contribution is 5.35. The molecular formula is C18H24N4. The number of hydrogen-bond donors (Lipinski definition) is 1. The molecule has 0 spiro atoms. The van der Waals surface area contributed by atoms with Gasteiger partial charge in [-0.25, -0.2) is 9.97 Å². The van der Waals surface area contributed by atoms with Gasteiger partial charge in [-0.1, -0.05) is 24.3 Å². The Bertz CT molecular complexity index is 618. The number of nitrogens with one attached hydrogen (secondary N) is 1. The number of aryl methyl sites for hydroxylation is 2. The third-order valence-electron chi connectivity index (χ3n) is 4.40. The Labute approximate surface area is 132 Å². The van der Waals surface area contributed by atoms with Crippen LogP contribution in [0.5, 0.6) is 0 Å². The Morgan fingerprint density at radius 3 is 2.64 bits per heavy atom. The van der Waals surface area contributed by atoms with Gasteiger partial charge in [0.05, 0.1) is 0 Å². The summed E-state index contributed by atoms with van der Waals surface area (Å²) in [4.78, 5) is 11.0. The van der Waals surface area contributed by atoms with Crippen molar-refractivity contribution in [3.63, 3.8) is 0 Å². The largest absolute Gasteiger partial charge is 0.367 e. The molecule has 1 aromatic heterocycles. The summed E-state index contributed by atoms with van der Waals surface area (Å²) >= 11 is 0. The second-order valence-corrected chi connectivity index (χ2v) is 6.17. The van der Waals surface area contributed by atoms with Crippen LogP contribution >= 0.6 is 0 Å². The summed E-state index contributed by atoms with van der Waals surface area (Å²) in [5, 5.41) is 3.54. The molecule has 1 aliphatic heterocycles. The topological polar surface area (TPSA) is 41.0 Å². The zero-order chi connectivity index (χ0) is 15.4. The van der Waals surface area contributed by atoms with E-state index in [4.69, 9.17) is 0 Å². The second kappa shape index (κ2) is 6.88. The van der Waals surface area contributed by atoms with Crippen LogP contribution in [0.25, 0.3) is 0 Å². The van der Waals surface area contributed by atoms with Gasteiger partial charge in [-0.05, 0) is 37.8 Å². The fourth-order valence-corrected chi connectivity index (χ4v) is 3.01. The summed E-state index contributed by atoms with van der Waals surface area (Å²) < 4.78 is 0. The first kappa shape index (κ1) is 15.0. The number of rotatable bonds is 4. The number of anilines is 1. The van der Waals surface area contributed by atoms with Crippen molar-refractivity contribution in [2.24, 2.45) is 0 Å². The third-order valence-corrected chi connectivity index (χ3v) is 4.40. The summed E-state index contributed by atoms with van der Waals surface area (Å²) in [6, 6.07) is 11.2. The van der Waals surface area contributed by atoms with Crippen LogP contribution in [-0.4, -0.2) is 34.0 Å². The lowest BCUT2D eigenvalue weighted by molar-refractivity contribution is 0.211. The quantitative estimate of drug-likeness (QED) is 0.941. The van der Waals surface area contributed by atoms with Crippen LogP contribution < -0.4 is 5.32 Å². The first-order valence-electron chi connectivity index (χ1n) is 8.03. The summed E-state index contributed by atoms with van der Waals surface area (Å²) in [7, 11) is 0. The molecule has 1 saturated heterocycles. The molecule has 1 fully saturated rings. The second-order valence-electron chi connectivity index (χ2n) is 6.17. The normalized spacial score (nSPS) is 16.6. The van der Waals surface area contributed by atoms with Gasteiger partial charge in [0.2, 0.25) is 0 Å². The molecule has 4 nitrogen and oxygen atoms in total. The molecule has 3 rings (SSSR count). The number of aromatic nitrogens is 2. The first-order chi connectivity index (χ1) is 10.7. The van der Waals surface area contributed by atoms with Crippen molar-refractivity contribution in [1.82, 2.24) is 14.9 Å². The molecule has 0 bridgehead atoms. The molecular weight excluding hydrogens is 272 g/mol. The molecule has 22 heavy (non-hydrogen) atoms. The fourth-order valence-electron chi connectivity index (χ4n) is 3.01. The molecule has 1 aliphatic rings. The molecule has 0 aliphatic carbocycles. The molecule has 116 valence electrons. The lowest BCUT2D eigenvalue weighted by atomic mass is 10.0. The maximum Gasteiger partial charge on any atom is 0.129 e. The predicted molar refractivity (Wildman–Crippen MR) is 89.9 cm³/mol. The molecule has 4 heteroatoms. The van der Waals surface area contributed by atoms with Gasteiger partial charge in [-0.2, -0.15) is 0 Å². The number of benzene rings is 1. The average molecular weight is 296 g/mol. The van der Waals surface area contributed by atoms with Crippen LogP contribution in [0, 0.1) is 13.8 Å². The van der Waals surface area contributed by atoms with Crippen LogP contribution in [0.2, 0.25) is 0 Å². The number of hydrogen-bond acceptors (Lipinski definition) is 4. The Hall–Kier alpha value is -1.94. The summed E-state index contributed by atoms with van der Waals surface area (Å²) in [6.45, 7) is 7.52. The summed E-state index contributed by atoms with van der Waals surface area (Å²) in [6.07, 6.45) is 3.95. The smallest absolute Gasteiger partial charge is 0.129 e. The molecule has 0 unspecified atom stereocenters. The van der Waals surface area contributed by atoms with E-state index in [0.717, 1.165) is 44.0 Å². The van der Waals surface area contributed by atoms with Gasteiger partial charge in [0.1, 0.15) is 12.1 Å². The predicted octanol–water partition coefficient (Wildman–Crippen LogP) is 3.17. The van der Waals surface area contributed by atoms with E-state index in [9.17, 15) is 0 Å². The highest BCUT2D eigenvalue weighted by Crippen LogP contribution is 2.18. The lowest BCUT2D eigenvalue weighted by Crippen LogP contribution is -2.38. The van der Waals surface area contributed by atoms with Gasteiger partial charge in [-0.15, -0.1) is 0 Å². The zero-order valence-electron chi connectivity index (χ0n) is 13.4. The van der Waals surface area contributed by atoms with Gasteiger partial charge in [0.25, 0.3) is 0 Å². The van der Waals surface area contributed by atoms with Crippen molar-refractivity contribution in [2.75, 3.05) is 18.4 Å². The van der Waals surface area contributed by atoms with Crippen molar-refractivity contribution in [3.05, 3.63) is 53.5 Å². The lowest BCUT2D eigenvalue weighted by Gasteiger charge is -2.33. The standard InChI is InChI=1S/C18H24N4/c1-14-5-3-4-6-16(14)12-22-9-7-17(8-10-22)21-18-11-15(2)19-13-20-18/h3-6,11,13,17H,7-10,12H2,1-2H3,(H,19,20,21). The van der Waals surface area contributed by atoms with Crippen molar-refractivity contribution >= 4 is 5.82 Å². The molecule has 2 heterocycles. The number of piperidine rings is 1. The minimum atomic E-state index is 0.516. The van der Waals surface area contributed by atoms with Crippen molar-refractivity contribution < 1.29 is 0 Å². The van der Waals surface area contributed by atoms with Crippen LogP contribution in [0.15, 0.2) is 36.7 Å². The van der Waals surface area contributed by atoms with E-state index in [2.05, 4.69) is 51.4 Å². The Morgan fingerprint density at radius 1 is 1.14 bits per heavy atom. The maximum absolute atomic E-state index is 4.30. The molecule has 0 amide bonds. The van der Waals surface area contributed by atoms with Crippen LogP contribution in [-0.2, 0) is 6.54 Å². The molecule has 0 radical (unpaired) electrons. The SMILES string of the molecule is Cc1cc(NC2CCN(Cc3ccccc3C)CC2)ncn1. The van der Waals surface area contributed by atoms with E-state index in [1.807, 2.05) is 13.0 Å². The van der Waals surface area contributed by atoms with E-state index in [1.54, 1.807) is 6.33 Å². The average Bonchev–Trinajstić information content (AvgIpc) is 2.52. The van der Waals surface area contributed by atoms with Gasteiger partial charge in [-0.3, -0.25) is 4.90 Å². The minimum absolute atomic E-state index is 0.516. The van der Waals surface area contributed by atoms with E-state index in [1.165, 1.54) is 11.1 Å². The van der Waals surface area contributed by atoms with Gasteiger partial charge < -0.3 is 5.32 Å². The summed E-state index contributed by atoms with van der Waals surface area (Å²) in [5.41, 5.74) is 3.84. The van der Waals surface area contributed by atoms with E-state index in [-0.39, 0.29) is 0 Å². The number of likely N-dealkylation sites (tertiary alicyclic amines) is 1. The van der Waals surface area contributed by atoms with Gasteiger partial charge in [0.15, 0.2) is 0 Å². The summed E-state index contributed by atoms with van der Waals surface area (Å²) in [5.74, 6) is 0.949. The fraction of sp³-hybridized carbons (Fsp3) is 0.444. The molecule has 1 N–H and O–H groups in total. The molecule has 0 saturated carbocycles. The van der Waals surface area contributed by atoms with E-state index < -0.39 is 0 Å². The monoisotopic (exact) mass is 296 g/mol. The Balaban J connectivity index is 1.51. The zero-order valence-corrected chi connectivity index (χ0v) is 13.4. The van der Waals surface area contributed by atoms with Crippen LogP contribution in [0.4, 0.5) is 5.82 Å². The first-order valence-corrected chi connectivity index (χ1v) is 8.03. The van der Waals surface area contributed by atoms with Crippen molar-refractivity contribution in [2.45, 2.75) is 39.3 Å². The van der Waals surface area contributed by atoms with Crippen LogP contribution in [0.3, 0.4) is 0 Å². The maximum atomic E-state index is 4.30. The highest BCUT2D eigenvalue weighted by atomic mass is 15.1. The van der Waals surface area contributed by atoms with Gasteiger partial charge >= 0.3 is 0 Å². The molecule has 2 aromatic rings. The van der Waals surface area contributed by atoms with Crippen molar-refractivity contribution in [1.29, 1.82) is 0 Å². The third kappa shape index (κ3) is 3.83. The van der Waals surface area contributed by atoms with Crippen molar-refractivity contribution in [3.8, 4) is 0 Å². The minimum Gasteiger partial charge on any atom is -0.367 e.